The van der Waals surface area contributed by atoms with E-state index in [1.165, 1.54) is 35.0 Å². The summed E-state index contributed by atoms with van der Waals surface area (Å²) in [5.74, 6) is -0.454. The standard InChI is InChI=1S/C17H13FN4O2.3C6H5.Sn/c18-11-7-5-10(6-8-11)15(21-22-17(19)24)9-13-12-3-1-2-4-14(12)20-16(13)23;3*1-2-4-6-5-3-1;/h1-9,20,23H,(H2,19,24);3*1-5H;/b15-9-,22-21?;;;;. The molecule has 0 saturated heterocycles. The van der Waals surface area contributed by atoms with Gasteiger partial charge in [0, 0.05) is 22.0 Å². The van der Waals surface area contributed by atoms with Crippen LogP contribution in [-0.2, 0) is 0 Å². The van der Waals surface area contributed by atoms with Crippen LogP contribution in [0, 0.1) is 5.82 Å². The number of aromatic nitrogens is 1. The Bertz CT molecular complexity index is 1760. The predicted molar refractivity (Wildman–Crippen MR) is 173 cm³/mol. The maximum absolute atomic E-state index is 13.1. The number of nitrogens with one attached hydrogen (secondary N) is 1. The Morgan fingerprint density at radius 2 is 1.19 bits per heavy atom. The number of benzene rings is 5. The number of urea groups is 1. The zero-order valence-corrected chi connectivity index (χ0v) is 25.9. The topological polar surface area (TPSA) is 104 Å². The Morgan fingerprint density at radius 1 is 0.698 bits per heavy atom. The van der Waals surface area contributed by atoms with Gasteiger partial charge in [0.25, 0.3) is 0 Å². The minimum absolute atomic E-state index is 0.0508. The van der Waals surface area contributed by atoms with Crippen molar-refractivity contribution in [1.82, 2.24) is 4.98 Å². The van der Waals surface area contributed by atoms with Gasteiger partial charge in [0.2, 0.25) is 0 Å². The molecule has 0 bridgehead atoms. The van der Waals surface area contributed by atoms with Crippen molar-refractivity contribution in [2.45, 2.75) is 0 Å². The van der Waals surface area contributed by atoms with E-state index in [9.17, 15) is 14.3 Å². The summed E-state index contributed by atoms with van der Waals surface area (Å²) >= 11 is -1.98. The van der Waals surface area contributed by atoms with Crippen LogP contribution in [0.1, 0.15) is 11.1 Å². The van der Waals surface area contributed by atoms with E-state index >= 15 is 0 Å². The average Bonchev–Trinajstić information content (AvgIpc) is 3.36. The number of rotatable bonds is 6. The SMILES string of the molecule is NC(=O)N=N/C(=C\c1c(O)[nH]c2ccccc12)c1ccc(F)cc1.c1cc[c]([Sn]([c]2ccccc2)[c]2ccccc2)cc1. The minimum atomic E-state index is -1.98. The number of H-pyrrole nitrogens is 1. The third-order valence-electron chi connectivity index (χ3n) is 6.59. The van der Waals surface area contributed by atoms with Crippen LogP contribution >= 0.6 is 0 Å². The van der Waals surface area contributed by atoms with E-state index in [4.69, 9.17) is 5.73 Å². The van der Waals surface area contributed by atoms with E-state index in [2.05, 4.69) is 106 Å². The Balaban J connectivity index is 0.000000176. The summed E-state index contributed by atoms with van der Waals surface area (Å²) in [5, 5.41) is 18.0. The van der Waals surface area contributed by atoms with Gasteiger partial charge in [-0.3, -0.25) is 0 Å². The summed E-state index contributed by atoms with van der Waals surface area (Å²) in [6.45, 7) is 0. The van der Waals surface area contributed by atoms with E-state index in [1.807, 2.05) is 24.3 Å². The van der Waals surface area contributed by atoms with Gasteiger partial charge < -0.3 is 15.8 Å². The van der Waals surface area contributed by atoms with Crippen LogP contribution in [0.2, 0.25) is 0 Å². The molecule has 1 radical (unpaired) electrons. The number of primary amides is 1. The fourth-order valence-corrected chi connectivity index (χ4v) is 12.0. The first-order chi connectivity index (χ1) is 21.0. The number of amides is 2. The summed E-state index contributed by atoms with van der Waals surface area (Å²) in [5.41, 5.74) is 6.99. The molecule has 6 nitrogen and oxygen atoms in total. The second kappa shape index (κ2) is 14.2. The molecule has 0 aliphatic carbocycles. The molecule has 211 valence electrons. The summed E-state index contributed by atoms with van der Waals surface area (Å²) in [6.07, 6.45) is 1.55. The van der Waals surface area contributed by atoms with Crippen molar-refractivity contribution in [3.63, 3.8) is 0 Å². The summed E-state index contributed by atoms with van der Waals surface area (Å²) in [4.78, 5) is 13.7. The molecule has 43 heavy (non-hydrogen) atoms. The third kappa shape index (κ3) is 7.64. The summed E-state index contributed by atoms with van der Waals surface area (Å²) in [7, 11) is 0. The molecule has 0 atom stereocenters. The van der Waals surface area contributed by atoms with E-state index < -0.39 is 31.6 Å². The Hall–Kier alpha value is -5.02. The van der Waals surface area contributed by atoms with Gasteiger partial charge in [-0.2, -0.15) is 0 Å². The Morgan fingerprint density at radius 3 is 1.70 bits per heavy atom. The van der Waals surface area contributed by atoms with Crippen LogP contribution in [-0.4, -0.2) is 35.9 Å². The van der Waals surface area contributed by atoms with Crippen molar-refractivity contribution in [3.8, 4) is 5.88 Å². The molecule has 0 fully saturated rings. The Labute approximate surface area is 255 Å². The van der Waals surface area contributed by atoms with E-state index in [0.717, 1.165) is 10.9 Å². The molecule has 6 rings (SSSR count). The van der Waals surface area contributed by atoms with Crippen LogP contribution < -0.4 is 16.5 Å². The number of fused-ring (bicyclic) bond motifs is 1. The van der Waals surface area contributed by atoms with Crippen LogP contribution in [0.15, 0.2) is 150 Å². The number of aromatic amines is 1. The molecule has 6 aromatic rings. The third-order valence-corrected chi connectivity index (χ3v) is 14.4. The van der Waals surface area contributed by atoms with Gasteiger partial charge in [0.05, 0.1) is 5.70 Å². The van der Waals surface area contributed by atoms with Gasteiger partial charge in [-0.1, -0.05) is 23.3 Å². The van der Waals surface area contributed by atoms with E-state index in [1.54, 1.807) is 6.08 Å². The van der Waals surface area contributed by atoms with Gasteiger partial charge in [-0.25, -0.2) is 9.18 Å². The molecule has 1 aromatic heterocycles. The van der Waals surface area contributed by atoms with Crippen molar-refractivity contribution < 1.29 is 14.3 Å². The number of nitrogens with two attached hydrogens (primary N) is 1. The number of carbonyl (C=O) groups excluding carboxylic acids is 1. The number of carbonyl (C=O) groups is 1. The van der Waals surface area contributed by atoms with Gasteiger partial charge in [0.1, 0.15) is 5.82 Å². The monoisotopic (exact) mass is 675 g/mol. The molecule has 2 amide bonds. The number of hydrogen-bond donors (Lipinski definition) is 3. The first-order valence-corrected chi connectivity index (χ1v) is 17.8. The second-order valence-corrected chi connectivity index (χ2v) is 16.6. The van der Waals surface area contributed by atoms with Crippen molar-refractivity contribution in [1.29, 1.82) is 0 Å². The number of hydrogen-bond acceptors (Lipinski definition) is 3. The van der Waals surface area contributed by atoms with Gasteiger partial charge in [-0.15, -0.1) is 5.11 Å². The molecule has 1 heterocycles. The molecule has 5 aromatic carbocycles. The molecule has 0 spiro atoms. The average molecular weight is 674 g/mol. The van der Waals surface area contributed by atoms with E-state index in [-0.39, 0.29) is 11.6 Å². The van der Waals surface area contributed by atoms with Gasteiger partial charge >= 0.3 is 128 Å². The quantitative estimate of drug-likeness (QED) is 0.144. The number of azo groups is 1. The Kier molecular flexibility index (Phi) is 9.76. The van der Waals surface area contributed by atoms with Crippen LogP contribution in [0.5, 0.6) is 5.88 Å². The van der Waals surface area contributed by atoms with Crippen molar-refractivity contribution in [3.05, 3.63) is 156 Å². The summed E-state index contributed by atoms with van der Waals surface area (Å²) in [6, 6.07) is 44.8. The molecule has 0 unspecified atom stereocenters. The van der Waals surface area contributed by atoms with Crippen LogP contribution in [0.4, 0.5) is 9.18 Å². The molecule has 4 N–H and O–H groups in total. The predicted octanol–water partition coefficient (Wildman–Crippen LogP) is 6.24. The number of aromatic hydroxyl groups is 1. The molecule has 0 aliphatic heterocycles. The van der Waals surface area contributed by atoms with E-state index in [0.29, 0.717) is 11.1 Å². The van der Waals surface area contributed by atoms with Crippen LogP contribution in [0.25, 0.3) is 22.7 Å². The molecule has 0 saturated carbocycles. The fraction of sp³-hybridized carbons (Fsp3) is 0. The summed E-state index contributed by atoms with van der Waals surface area (Å²) < 4.78 is 17.7. The van der Waals surface area contributed by atoms with Gasteiger partial charge in [-0.05, 0) is 36.4 Å². The first kappa shape index (κ1) is 29.5. The first-order valence-electron chi connectivity index (χ1n) is 13.5. The molecular weight excluding hydrogens is 646 g/mol. The van der Waals surface area contributed by atoms with Crippen molar-refractivity contribution in [2.24, 2.45) is 16.0 Å². The van der Waals surface area contributed by atoms with Crippen LogP contribution in [0.3, 0.4) is 0 Å². The maximum atomic E-state index is 13.1. The zero-order chi connectivity index (χ0) is 30.0. The fourth-order valence-electron chi connectivity index (χ4n) is 4.64. The second-order valence-electron chi connectivity index (χ2n) is 9.48. The zero-order valence-electron chi connectivity index (χ0n) is 23.1. The normalized spacial score (nSPS) is 11.4. The van der Waals surface area contributed by atoms with Crippen molar-refractivity contribution >= 4 is 59.2 Å². The number of nitrogens with zero attached hydrogens (tertiary/aromatic N) is 2. The number of para-hydroxylation sites is 1. The van der Waals surface area contributed by atoms with Crippen molar-refractivity contribution in [2.75, 3.05) is 0 Å². The van der Waals surface area contributed by atoms with Gasteiger partial charge in [0.15, 0.2) is 5.88 Å². The molecule has 8 heteroatoms. The number of halogens is 1. The molecule has 0 aliphatic rings. The molecular formula is C35H28FN4O2Sn.